The summed E-state index contributed by atoms with van der Waals surface area (Å²) in [6, 6.07) is -3.64. The van der Waals surface area contributed by atoms with Gasteiger partial charge in [0.2, 0.25) is 11.8 Å². The van der Waals surface area contributed by atoms with Crippen molar-refractivity contribution in [1.29, 1.82) is 0 Å². The molecule has 10 aliphatic rings. The van der Waals surface area contributed by atoms with Crippen molar-refractivity contribution in [2.75, 3.05) is 66.1 Å². The van der Waals surface area contributed by atoms with Crippen molar-refractivity contribution in [3.8, 4) is 0 Å². The Hall–Kier alpha value is -3.02. The molecule has 0 unspecified atom stereocenters. The van der Waals surface area contributed by atoms with Crippen LogP contribution in [0.15, 0.2) is 0 Å². The number of ether oxygens (including phenoxy) is 19. The van der Waals surface area contributed by atoms with Gasteiger partial charge in [-0.05, 0) is 0 Å². The second-order valence-electron chi connectivity index (χ2n) is 29.6. The lowest BCUT2D eigenvalue weighted by atomic mass is 9.94. The zero-order valence-corrected chi connectivity index (χ0v) is 61.9. The third kappa shape index (κ3) is 20.9. The highest BCUT2D eigenvalue weighted by Gasteiger charge is 2.61. The minimum Gasteiger partial charge on any atom is -0.394 e. The molecular weight excluding hydrogens is 1610 g/mol. The summed E-state index contributed by atoms with van der Waals surface area (Å²) in [6.45, 7) is -8.94. The molecule has 32 N–H and O–H groups in total. The van der Waals surface area contributed by atoms with Gasteiger partial charge in [-0.15, -0.1) is 0 Å². The maximum absolute atomic E-state index is 13.0. The van der Waals surface area contributed by atoms with Crippen molar-refractivity contribution >= 4 is 11.8 Å². The lowest BCUT2D eigenvalue weighted by Gasteiger charge is -2.51. The van der Waals surface area contributed by atoms with Crippen LogP contribution in [0.1, 0.15) is 13.8 Å². The number of carbonyl (C=O) groups is 2. The summed E-state index contributed by atoms with van der Waals surface area (Å²) in [5.41, 5.74) is 0. The quantitative estimate of drug-likeness (QED) is 0.0318. The fourth-order valence-corrected chi connectivity index (χ4v) is 14.9. The molecule has 2 amide bonds. The summed E-state index contributed by atoms with van der Waals surface area (Å²) in [7, 11) is 0. The smallest absolute Gasteiger partial charge is 0.217 e. The fourth-order valence-electron chi connectivity index (χ4n) is 14.9. The molecule has 10 fully saturated rings. The molecule has 10 heterocycles. The molecule has 53 heteroatoms. The van der Waals surface area contributed by atoms with E-state index in [4.69, 9.17) is 90.0 Å². The van der Waals surface area contributed by atoms with E-state index in [0.717, 1.165) is 13.8 Å². The molecule has 0 saturated carbocycles. The van der Waals surface area contributed by atoms with E-state index in [2.05, 4.69) is 10.6 Å². The van der Waals surface area contributed by atoms with Gasteiger partial charge >= 0.3 is 0 Å². The highest BCUT2D eigenvalue weighted by Crippen LogP contribution is 2.40. The number of aliphatic hydroxyl groups is 30. The molecule has 0 radical (unpaired) electrons. The van der Waals surface area contributed by atoms with Crippen molar-refractivity contribution in [3.63, 3.8) is 0 Å². The van der Waals surface area contributed by atoms with Gasteiger partial charge in [0.15, 0.2) is 62.9 Å². The van der Waals surface area contributed by atoms with E-state index in [1.165, 1.54) is 0 Å². The maximum Gasteiger partial charge on any atom is 0.217 e. The Balaban J connectivity index is 0.982. The van der Waals surface area contributed by atoms with Gasteiger partial charge in [0.05, 0.1) is 66.1 Å². The summed E-state index contributed by atoms with van der Waals surface area (Å²) in [6.07, 6.45) is -103. The van der Waals surface area contributed by atoms with E-state index in [1.54, 1.807) is 0 Å². The zero-order valence-electron chi connectivity index (χ0n) is 61.9. The predicted molar refractivity (Wildman–Crippen MR) is 353 cm³/mol. The molecule has 0 spiro atoms. The van der Waals surface area contributed by atoms with Crippen molar-refractivity contribution in [2.24, 2.45) is 0 Å². The van der Waals surface area contributed by atoms with Crippen molar-refractivity contribution in [3.05, 3.63) is 0 Å². The Morgan fingerprint density at radius 1 is 0.222 bits per heavy atom. The minimum absolute atomic E-state index is 0.805. The van der Waals surface area contributed by atoms with Crippen LogP contribution in [0.5, 0.6) is 0 Å². The van der Waals surface area contributed by atoms with Gasteiger partial charge in [0, 0.05) is 13.8 Å². The summed E-state index contributed by atoms with van der Waals surface area (Å²) < 4.78 is 111. The molecule has 680 valence electrons. The summed E-state index contributed by atoms with van der Waals surface area (Å²) >= 11 is 0. The van der Waals surface area contributed by atoms with Crippen LogP contribution >= 0.6 is 0 Å². The molecule has 0 aliphatic carbocycles. The first kappa shape index (κ1) is 96.2. The molecule has 10 aliphatic heterocycles. The Morgan fingerprint density at radius 3 is 0.880 bits per heavy atom. The highest BCUT2D eigenvalue weighted by molar-refractivity contribution is 5.73. The summed E-state index contributed by atoms with van der Waals surface area (Å²) in [5.74, 6) is -1.78. The van der Waals surface area contributed by atoms with Crippen LogP contribution in [0, 0.1) is 0 Å². The van der Waals surface area contributed by atoms with E-state index < -0.39 is 385 Å². The molecule has 0 bridgehead atoms. The van der Waals surface area contributed by atoms with Gasteiger partial charge in [-0.1, -0.05) is 0 Å². The SMILES string of the molecule is CC(=O)N[C@@H]1[C@@H](O)[C@H](O[C@@H]2O[C@H](CO)[C@@H](O[C@@H]3O[C@H](CO[C@H]4O[C@H](CO[C@H]5O[C@H](CO[C@H]6O[C@H](CO)[C@@H](O)[C@H](O)[C@@H]6O)[C@@H](O)[C@H](O)[C@@H]5O)[C@@H](O)[C@H](O)[C@@H]4O[C@H]4O[C@H](CO)[C@@H](O)[C@H](O)[C@@H]4O)[C@@H](O)[C@H](O[C@H]4O[C@H](CO)[C@@H](O)[C@H](O)[C@@H]4O[C@H]4O[C@H](CO)[C@@H](O)[C@H](O)[C@@H]4O[C@H]4O[C@H](CO)[C@@H](O)[C@H](O)[C@@H]4O)[C@@H]3O)[C@H](O)[C@H]2NC(C)=O)[C@@H](CO)O[C@H]1O. The lowest BCUT2D eigenvalue weighted by molar-refractivity contribution is -0.408. The topological polar surface area (TPSA) is 840 Å². The summed E-state index contributed by atoms with van der Waals surface area (Å²) in [4.78, 5) is 25.2. The molecule has 10 rings (SSSR count). The predicted octanol–water partition coefficient (Wildman–Crippen LogP) is -22.5. The van der Waals surface area contributed by atoms with Gasteiger partial charge in [0.1, 0.15) is 244 Å². The van der Waals surface area contributed by atoms with Crippen molar-refractivity contribution < 1.29 is 253 Å². The Labute approximate surface area is 660 Å². The molecule has 10 saturated heterocycles. The van der Waals surface area contributed by atoms with Crippen LogP contribution in [-0.2, 0) is 99.6 Å². The fraction of sp³-hybridized carbons (Fsp3) is 0.969. The van der Waals surface area contributed by atoms with Crippen LogP contribution in [0.2, 0.25) is 0 Å². The molecule has 50 atom stereocenters. The highest BCUT2D eigenvalue weighted by atomic mass is 16.8. The van der Waals surface area contributed by atoms with E-state index >= 15 is 0 Å². The Bertz CT molecular complexity index is 3050. The van der Waals surface area contributed by atoms with E-state index in [9.17, 15) is 163 Å². The van der Waals surface area contributed by atoms with Crippen LogP contribution in [-0.4, -0.2) is 538 Å². The van der Waals surface area contributed by atoms with Gasteiger partial charge in [0.25, 0.3) is 0 Å². The third-order valence-electron chi connectivity index (χ3n) is 21.6. The van der Waals surface area contributed by atoms with Gasteiger partial charge in [-0.25, -0.2) is 0 Å². The first-order valence-electron chi connectivity index (χ1n) is 37.2. The van der Waals surface area contributed by atoms with Gasteiger partial charge in [-0.3, -0.25) is 9.59 Å². The Morgan fingerprint density at radius 2 is 0.470 bits per heavy atom. The van der Waals surface area contributed by atoms with Gasteiger partial charge < -0.3 is 254 Å². The van der Waals surface area contributed by atoms with Crippen LogP contribution in [0.25, 0.3) is 0 Å². The second kappa shape index (κ2) is 41.9. The average molecular weight is 1720 g/mol. The zero-order chi connectivity index (χ0) is 85.9. The molecule has 0 aromatic carbocycles. The summed E-state index contributed by atoms with van der Waals surface area (Å²) in [5, 5.41) is 335. The third-order valence-corrected chi connectivity index (χ3v) is 21.6. The number of hydrogen-bond acceptors (Lipinski definition) is 51. The van der Waals surface area contributed by atoms with Crippen LogP contribution < -0.4 is 10.6 Å². The van der Waals surface area contributed by atoms with Crippen molar-refractivity contribution in [2.45, 2.75) is 321 Å². The molecule has 0 aromatic heterocycles. The number of rotatable bonds is 30. The van der Waals surface area contributed by atoms with E-state index in [-0.39, 0.29) is 0 Å². The normalized spacial score (nSPS) is 51.5. The standard InChI is InChI=1S/C64H108N2O51/c1-13(74)65-25-35(84)49(20(8-72)102-55(25)98)112-56-26(66-14(2)75)36(85)50(21(9-73)108-56)113-61-48(97)51(114-63-54(42(91)31(80)18(6-70)106-63)117-64-53(41(90)30(79)19(7-71)107-64)116-60-47(96)39(88)29(78)17(5-69)105-60)34(83)24(110-61)12-101-62-52(115-59-46(95)38(87)28(77)16(4-68)104-59)43(92)33(82)23(111-62)11-100-58-45(94)40(89)32(81)22(109-58)10-99-57-44(93)37(86)27(76)15(3-67)103-57/h15-64,67-73,76-98H,3-12H2,1-2H3,(H,65,74)(H,66,75)/t15-,16-,17-,18-,19-,20-,21-,22-,23-,24-,25-,26-,27-,28-,29-,30-,31-,32-,33-,34-,35-,36-,37+,38+,39+,40+,41+,42+,43+,44+,45+,46+,47+,48+,49-,50-,51+,52+,53+,54+,55-,56+,57+,58+,59-,60-,61+,62+,63-,64-/m1/s1. The Kier molecular flexibility index (Phi) is 34.4. The monoisotopic (exact) mass is 1720 g/mol. The number of hydrogen-bond donors (Lipinski definition) is 32. The molecule has 0 aromatic rings. The van der Waals surface area contributed by atoms with E-state index in [0.29, 0.717) is 0 Å². The number of carbonyl (C=O) groups excluding carboxylic acids is 2. The number of aliphatic hydroxyl groups excluding tert-OH is 30. The molecule has 117 heavy (non-hydrogen) atoms. The van der Waals surface area contributed by atoms with Crippen LogP contribution in [0.4, 0.5) is 0 Å². The second-order valence-corrected chi connectivity index (χ2v) is 29.6. The average Bonchev–Trinajstić information content (AvgIpc) is 0.766. The largest absolute Gasteiger partial charge is 0.394 e. The van der Waals surface area contributed by atoms with Crippen molar-refractivity contribution in [1.82, 2.24) is 10.6 Å². The lowest BCUT2D eigenvalue weighted by Crippen LogP contribution is -2.70. The first-order chi connectivity index (χ1) is 55.4. The van der Waals surface area contributed by atoms with Gasteiger partial charge in [-0.2, -0.15) is 0 Å². The van der Waals surface area contributed by atoms with E-state index in [1.807, 2.05) is 0 Å². The molecule has 53 nitrogen and oxygen atoms in total. The molecular formula is C64H108N2O51. The number of amides is 2. The minimum atomic E-state index is -2.64. The maximum atomic E-state index is 13.0. The van der Waals surface area contributed by atoms with Crippen LogP contribution in [0.3, 0.4) is 0 Å². The first-order valence-corrected chi connectivity index (χ1v) is 37.2. The number of nitrogens with one attached hydrogen (secondary N) is 2.